The highest BCUT2D eigenvalue weighted by Crippen LogP contribution is 2.24. The zero-order valence-electron chi connectivity index (χ0n) is 5.83. The van der Waals surface area contributed by atoms with Crippen molar-refractivity contribution in [2.75, 3.05) is 12.0 Å². The van der Waals surface area contributed by atoms with Gasteiger partial charge in [-0.15, -0.1) is 0 Å². The Morgan fingerprint density at radius 3 is 2.30 bits per heavy atom. The third-order valence-corrected chi connectivity index (χ3v) is 1.50. The Bertz CT molecular complexity index is 125. The van der Waals surface area contributed by atoms with E-state index in [0.717, 1.165) is 6.92 Å². The zero-order chi connectivity index (χ0) is 8.20. The first kappa shape index (κ1) is 9.88. The van der Waals surface area contributed by atoms with Crippen LogP contribution in [0.5, 0.6) is 0 Å². The lowest BCUT2D eigenvalue weighted by Crippen LogP contribution is -2.08. The zero-order valence-corrected chi connectivity index (χ0v) is 6.64. The molecule has 4 heteroatoms. The van der Waals surface area contributed by atoms with E-state index in [1.807, 2.05) is 0 Å². The minimum absolute atomic E-state index is 0.422. The average molecular weight is 170 g/mol. The van der Waals surface area contributed by atoms with Crippen LogP contribution in [0.1, 0.15) is 6.92 Å². The number of hydrogen-bond acceptors (Lipinski definition) is 1. The summed E-state index contributed by atoms with van der Waals surface area (Å²) in [5.41, 5.74) is -0.512. The summed E-state index contributed by atoms with van der Waals surface area (Å²) in [6.07, 6.45) is -1.19. The Balaban J connectivity index is 3.93. The second-order valence-corrected chi connectivity index (χ2v) is 2.75. The van der Waals surface area contributed by atoms with Crippen LogP contribution in [0.15, 0.2) is 11.6 Å². The summed E-state index contributed by atoms with van der Waals surface area (Å²) in [7, 11) is 0. The molecule has 60 valence electrons. The van der Waals surface area contributed by atoms with Crippen molar-refractivity contribution in [2.45, 2.75) is 13.1 Å². The summed E-state index contributed by atoms with van der Waals surface area (Å²) in [5, 5.41) is 0. The molecule has 0 aliphatic heterocycles. The predicted molar refractivity (Wildman–Crippen MR) is 38.2 cm³/mol. The summed E-state index contributed by atoms with van der Waals surface area (Å²) < 4.78 is 35.1. The molecule has 0 unspecified atom stereocenters. The van der Waals surface area contributed by atoms with Gasteiger partial charge in [0.25, 0.3) is 0 Å². The van der Waals surface area contributed by atoms with Crippen LogP contribution in [0.3, 0.4) is 0 Å². The molecule has 0 rings (SSSR count). The maximum absolute atomic E-state index is 11.7. The number of alkyl halides is 3. The van der Waals surface area contributed by atoms with E-state index < -0.39 is 11.7 Å². The van der Waals surface area contributed by atoms with Crippen LogP contribution in [-0.2, 0) is 0 Å². The number of hydrogen-bond donors (Lipinski definition) is 0. The molecule has 0 saturated heterocycles. The molecule has 0 N–H and O–H groups in total. The van der Waals surface area contributed by atoms with E-state index >= 15 is 0 Å². The molecule has 0 aromatic rings. The van der Waals surface area contributed by atoms with E-state index in [4.69, 9.17) is 0 Å². The lowest BCUT2D eigenvalue weighted by Gasteiger charge is -2.04. The van der Waals surface area contributed by atoms with Crippen LogP contribution in [0, 0.1) is 0 Å². The standard InChI is InChI=1S/C6H9F3S/c1-5(3-4-10-2)6(7,8)9/h3H,4H2,1-2H3/b5-3+. The van der Waals surface area contributed by atoms with Gasteiger partial charge in [-0.2, -0.15) is 24.9 Å². The summed E-state index contributed by atoms with van der Waals surface area (Å²) in [5.74, 6) is 0.422. The van der Waals surface area contributed by atoms with Gasteiger partial charge in [0.2, 0.25) is 0 Å². The van der Waals surface area contributed by atoms with Gasteiger partial charge in [0, 0.05) is 11.3 Å². The fourth-order valence-corrected chi connectivity index (χ4v) is 0.741. The third kappa shape index (κ3) is 3.82. The van der Waals surface area contributed by atoms with Crippen molar-refractivity contribution in [1.82, 2.24) is 0 Å². The summed E-state index contributed by atoms with van der Waals surface area (Å²) >= 11 is 1.37. The number of thioether (sulfide) groups is 1. The van der Waals surface area contributed by atoms with Crippen LogP contribution in [0.25, 0.3) is 0 Å². The number of allylic oxidation sites excluding steroid dienone is 1. The number of halogens is 3. The SMILES string of the molecule is CSC/C=C(\C)C(F)(F)F. The van der Waals surface area contributed by atoms with Crippen molar-refractivity contribution in [3.63, 3.8) is 0 Å². The molecule has 0 nitrogen and oxygen atoms in total. The van der Waals surface area contributed by atoms with Gasteiger partial charge in [-0.05, 0) is 13.2 Å². The second kappa shape index (κ2) is 3.91. The lowest BCUT2D eigenvalue weighted by atomic mass is 10.3. The van der Waals surface area contributed by atoms with Crippen molar-refractivity contribution in [3.8, 4) is 0 Å². The molecule has 0 atom stereocenters. The molecule has 0 heterocycles. The van der Waals surface area contributed by atoms with Gasteiger partial charge >= 0.3 is 6.18 Å². The normalized spacial score (nSPS) is 13.9. The lowest BCUT2D eigenvalue weighted by molar-refractivity contribution is -0.0914. The maximum atomic E-state index is 11.7. The molecular weight excluding hydrogens is 161 g/mol. The quantitative estimate of drug-likeness (QED) is 0.574. The van der Waals surface area contributed by atoms with Gasteiger partial charge in [0.15, 0.2) is 0 Å². The van der Waals surface area contributed by atoms with Crippen LogP contribution < -0.4 is 0 Å². The molecule has 0 aliphatic rings. The largest absolute Gasteiger partial charge is 0.412 e. The van der Waals surface area contributed by atoms with Crippen molar-refractivity contribution < 1.29 is 13.2 Å². The van der Waals surface area contributed by atoms with Gasteiger partial charge in [0.05, 0.1) is 0 Å². The highest BCUT2D eigenvalue weighted by atomic mass is 32.2. The highest BCUT2D eigenvalue weighted by Gasteiger charge is 2.29. The van der Waals surface area contributed by atoms with Crippen molar-refractivity contribution in [1.29, 1.82) is 0 Å². The molecule has 0 amide bonds. The molecule has 0 spiro atoms. The first-order valence-electron chi connectivity index (χ1n) is 2.71. The van der Waals surface area contributed by atoms with E-state index in [1.165, 1.54) is 17.8 Å². The summed E-state index contributed by atoms with van der Waals surface area (Å²) in [4.78, 5) is 0. The van der Waals surface area contributed by atoms with E-state index in [9.17, 15) is 13.2 Å². The molecule has 0 aromatic carbocycles. The molecule has 10 heavy (non-hydrogen) atoms. The fourth-order valence-electron chi connectivity index (χ4n) is 0.324. The van der Waals surface area contributed by atoms with Crippen LogP contribution in [-0.4, -0.2) is 18.2 Å². The summed E-state index contributed by atoms with van der Waals surface area (Å²) in [6.45, 7) is 1.08. The highest BCUT2D eigenvalue weighted by molar-refractivity contribution is 7.98. The van der Waals surface area contributed by atoms with Crippen molar-refractivity contribution in [3.05, 3.63) is 11.6 Å². The monoisotopic (exact) mass is 170 g/mol. The van der Waals surface area contributed by atoms with Gasteiger partial charge in [0.1, 0.15) is 0 Å². The Kier molecular flexibility index (Phi) is 3.86. The topological polar surface area (TPSA) is 0 Å². The summed E-state index contributed by atoms with van der Waals surface area (Å²) in [6, 6.07) is 0. The second-order valence-electron chi connectivity index (χ2n) is 1.84. The van der Waals surface area contributed by atoms with Crippen LogP contribution in [0.4, 0.5) is 13.2 Å². The van der Waals surface area contributed by atoms with E-state index in [2.05, 4.69) is 0 Å². The van der Waals surface area contributed by atoms with Gasteiger partial charge in [-0.1, -0.05) is 6.08 Å². The molecule has 0 radical (unpaired) electrons. The Morgan fingerprint density at radius 1 is 1.50 bits per heavy atom. The van der Waals surface area contributed by atoms with Crippen molar-refractivity contribution >= 4 is 11.8 Å². The minimum atomic E-state index is -4.14. The predicted octanol–water partition coefficient (Wildman–Crippen LogP) is 2.86. The molecule has 0 aromatic heterocycles. The van der Waals surface area contributed by atoms with Gasteiger partial charge in [-0.25, -0.2) is 0 Å². The third-order valence-electron chi connectivity index (χ3n) is 1.00. The average Bonchev–Trinajstić information content (AvgIpc) is 1.80. The van der Waals surface area contributed by atoms with Gasteiger partial charge in [-0.3, -0.25) is 0 Å². The molecule has 0 saturated carbocycles. The van der Waals surface area contributed by atoms with Crippen molar-refractivity contribution in [2.24, 2.45) is 0 Å². The smallest absolute Gasteiger partial charge is 0.167 e. The van der Waals surface area contributed by atoms with Gasteiger partial charge < -0.3 is 0 Å². The molecular formula is C6H9F3S. The Labute approximate surface area is 62.5 Å². The van der Waals surface area contributed by atoms with E-state index in [-0.39, 0.29) is 0 Å². The maximum Gasteiger partial charge on any atom is 0.412 e. The first-order valence-corrected chi connectivity index (χ1v) is 4.10. The molecule has 0 aliphatic carbocycles. The van der Waals surface area contributed by atoms with Crippen LogP contribution >= 0.6 is 11.8 Å². The minimum Gasteiger partial charge on any atom is -0.167 e. The number of rotatable bonds is 2. The molecule has 0 bridgehead atoms. The Morgan fingerprint density at radius 2 is 2.00 bits per heavy atom. The Hall–Kier alpha value is -0.120. The van der Waals surface area contributed by atoms with E-state index in [1.54, 1.807) is 6.26 Å². The fraction of sp³-hybridized carbons (Fsp3) is 0.667. The van der Waals surface area contributed by atoms with Crippen LogP contribution in [0.2, 0.25) is 0 Å². The van der Waals surface area contributed by atoms with E-state index in [0.29, 0.717) is 5.75 Å². The molecule has 0 fully saturated rings. The first-order chi connectivity index (χ1) is 4.48.